The van der Waals surface area contributed by atoms with Crippen molar-refractivity contribution in [2.75, 3.05) is 6.54 Å². The summed E-state index contributed by atoms with van der Waals surface area (Å²) in [5.74, 6) is -2.18. The van der Waals surface area contributed by atoms with Gasteiger partial charge in [-0.15, -0.1) is 0 Å². The Morgan fingerprint density at radius 1 is 1.18 bits per heavy atom. The maximum atomic E-state index is 11.5. The summed E-state index contributed by atoms with van der Waals surface area (Å²) in [6, 6.07) is -1.29. The number of hydrogen-bond donors (Lipinski definition) is 4. The molecule has 1 unspecified atom stereocenters. The number of rotatable bonds is 7. The number of Topliss-reactive ketones (excluding diaryl/α,β-unsaturated/α-hetero) is 1. The molecule has 0 radical (unpaired) electrons. The molecule has 0 aliphatic carbocycles. The van der Waals surface area contributed by atoms with E-state index in [4.69, 9.17) is 10.2 Å². The first kappa shape index (κ1) is 14.9. The van der Waals surface area contributed by atoms with Crippen molar-refractivity contribution in [1.82, 2.24) is 10.6 Å². The van der Waals surface area contributed by atoms with E-state index in [1.807, 2.05) is 5.32 Å². The van der Waals surface area contributed by atoms with Gasteiger partial charge in [0.25, 0.3) is 0 Å². The van der Waals surface area contributed by atoms with E-state index in [0.29, 0.717) is 0 Å². The molecule has 0 aromatic rings. The molecule has 0 aromatic heterocycles. The molecular weight excluding hydrogens is 232 g/mol. The van der Waals surface area contributed by atoms with E-state index in [-0.39, 0.29) is 18.9 Å². The summed E-state index contributed by atoms with van der Waals surface area (Å²) in [4.78, 5) is 42.8. The molecule has 17 heavy (non-hydrogen) atoms. The van der Waals surface area contributed by atoms with Gasteiger partial charge in [-0.3, -0.25) is 14.4 Å². The molecule has 0 spiro atoms. The molecule has 8 nitrogen and oxygen atoms in total. The van der Waals surface area contributed by atoms with Crippen molar-refractivity contribution in [1.29, 1.82) is 0 Å². The Balaban J connectivity index is 4.26. The molecule has 0 fully saturated rings. The van der Waals surface area contributed by atoms with E-state index in [9.17, 15) is 19.2 Å². The lowest BCUT2D eigenvalue weighted by molar-refractivity contribution is -0.139. The molecule has 0 saturated heterocycles. The normalized spacial score (nSPS) is 11.4. The Morgan fingerprint density at radius 3 is 2.18 bits per heavy atom. The second kappa shape index (κ2) is 7.20. The molecule has 2 amide bonds. The van der Waals surface area contributed by atoms with E-state index >= 15 is 0 Å². The van der Waals surface area contributed by atoms with E-state index in [1.54, 1.807) is 0 Å². The lowest BCUT2D eigenvalue weighted by atomic mass is 10.1. The molecule has 4 N–H and O–H groups in total. The molecule has 8 heteroatoms. The van der Waals surface area contributed by atoms with Gasteiger partial charge in [0.15, 0.2) is 5.78 Å². The van der Waals surface area contributed by atoms with Gasteiger partial charge in [-0.25, -0.2) is 4.79 Å². The quantitative estimate of drug-likeness (QED) is 0.464. The highest BCUT2D eigenvalue weighted by Crippen LogP contribution is 1.98. The first-order valence-corrected chi connectivity index (χ1v) is 4.81. The van der Waals surface area contributed by atoms with E-state index in [2.05, 4.69) is 5.32 Å². The topological polar surface area (TPSA) is 133 Å². The Kier molecular flexibility index (Phi) is 6.30. The van der Waals surface area contributed by atoms with Crippen LogP contribution in [0.2, 0.25) is 0 Å². The average Bonchev–Trinajstić information content (AvgIpc) is 2.14. The number of carbonyl (C=O) groups excluding carboxylic acids is 2. The highest BCUT2D eigenvalue weighted by molar-refractivity contribution is 5.90. The van der Waals surface area contributed by atoms with Crippen molar-refractivity contribution >= 4 is 23.8 Å². The fourth-order valence-electron chi connectivity index (χ4n) is 1.10. The monoisotopic (exact) mass is 246 g/mol. The first-order valence-electron chi connectivity index (χ1n) is 4.81. The van der Waals surface area contributed by atoms with Crippen molar-refractivity contribution in [2.24, 2.45) is 0 Å². The van der Waals surface area contributed by atoms with Crippen LogP contribution in [0.25, 0.3) is 0 Å². The van der Waals surface area contributed by atoms with Gasteiger partial charge >= 0.3 is 12.1 Å². The number of carboxylic acid groups (broad SMARTS) is 2. The molecule has 0 aliphatic rings. The third-order valence-electron chi connectivity index (χ3n) is 1.81. The Morgan fingerprint density at radius 2 is 1.76 bits per heavy atom. The van der Waals surface area contributed by atoms with Crippen LogP contribution in [0, 0.1) is 0 Å². The highest BCUT2D eigenvalue weighted by atomic mass is 16.4. The number of carbonyl (C=O) groups is 4. The van der Waals surface area contributed by atoms with E-state index < -0.39 is 30.3 Å². The van der Waals surface area contributed by atoms with E-state index in [0.717, 1.165) is 0 Å². The van der Waals surface area contributed by atoms with Crippen molar-refractivity contribution in [3.63, 3.8) is 0 Å². The Labute approximate surface area is 97.0 Å². The number of amides is 2. The second-order valence-electron chi connectivity index (χ2n) is 3.30. The summed E-state index contributed by atoms with van der Waals surface area (Å²) in [5, 5.41) is 21.1. The average molecular weight is 246 g/mol. The summed E-state index contributed by atoms with van der Waals surface area (Å²) in [7, 11) is 0. The molecule has 96 valence electrons. The van der Waals surface area contributed by atoms with Gasteiger partial charge < -0.3 is 20.8 Å². The van der Waals surface area contributed by atoms with Crippen LogP contribution in [-0.4, -0.2) is 46.6 Å². The van der Waals surface area contributed by atoms with Crippen LogP contribution in [-0.2, 0) is 14.4 Å². The van der Waals surface area contributed by atoms with Crippen molar-refractivity contribution < 1.29 is 29.4 Å². The highest BCUT2D eigenvalue weighted by Gasteiger charge is 2.22. The van der Waals surface area contributed by atoms with Gasteiger partial charge in [0.1, 0.15) is 6.04 Å². The number of nitrogens with one attached hydrogen (secondary N) is 2. The lowest BCUT2D eigenvalue weighted by Gasteiger charge is -2.13. The molecule has 0 heterocycles. The molecule has 1 atom stereocenters. The molecule has 0 saturated carbocycles. The third-order valence-corrected chi connectivity index (χ3v) is 1.81. The lowest BCUT2D eigenvalue weighted by Crippen LogP contribution is -2.42. The van der Waals surface area contributed by atoms with Crippen molar-refractivity contribution in [3.05, 3.63) is 0 Å². The number of hydrogen-bond acceptors (Lipinski definition) is 4. The van der Waals surface area contributed by atoms with Crippen LogP contribution in [0.4, 0.5) is 4.79 Å². The van der Waals surface area contributed by atoms with Crippen LogP contribution >= 0.6 is 0 Å². The molecule has 0 bridgehead atoms. The van der Waals surface area contributed by atoms with Gasteiger partial charge in [0.2, 0.25) is 5.91 Å². The molecule has 0 aliphatic heterocycles. The Bertz CT molecular complexity index is 311. The van der Waals surface area contributed by atoms with E-state index in [1.165, 1.54) is 6.92 Å². The van der Waals surface area contributed by atoms with Gasteiger partial charge in [-0.2, -0.15) is 0 Å². The van der Waals surface area contributed by atoms with Crippen molar-refractivity contribution in [3.8, 4) is 0 Å². The molecule has 0 rings (SSSR count). The zero-order chi connectivity index (χ0) is 13.4. The van der Waals surface area contributed by atoms with Crippen LogP contribution in [0.3, 0.4) is 0 Å². The van der Waals surface area contributed by atoms with Crippen LogP contribution in [0.1, 0.15) is 19.8 Å². The zero-order valence-electron chi connectivity index (χ0n) is 9.23. The summed E-state index contributed by atoms with van der Waals surface area (Å²) >= 11 is 0. The summed E-state index contributed by atoms with van der Waals surface area (Å²) in [6.07, 6.45) is -2.22. The number of carboxylic acids is 1. The number of ketones is 1. The maximum Gasteiger partial charge on any atom is 0.405 e. The van der Waals surface area contributed by atoms with Gasteiger partial charge in [-0.1, -0.05) is 0 Å². The van der Waals surface area contributed by atoms with Gasteiger partial charge in [0.05, 0.1) is 6.42 Å². The predicted molar refractivity (Wildman–Crippen MR) is 55.5 cm³/mol. The molecule has 0 aromatic carbocycles. The largest absolute Gasteiger partial charge is 0.481 e. The smallest absolute Gasteiger partial charge is 0.405 e. The van der Waals surface area contributed by atoms with Crippen LogP contribution in [0.5, 0.6) is 0 Å². The third kappa shape index (κ3) is 7.77. The molecular formula is C9H14N2O6. The predicted octanol–water partition coefficient (Wildman–Crippen LogP) is -0.807. The van der Waals surface area contributed by atoms with Crippen molar-refractivity contribution in [2.45, 2.75) is 25.8 Å². The minimum atomic E-state index is -1.47. The van der Waals surface area contributed by atoms with Crippen LogP contribution < -0.4 is 10.6 Å². The minimum absolute atomic E-state index is 0.0472. The second-order valence-corrected chi connectivity index (χ2v) is 3.30. The fraction of sp³-hybridized carbons (Fsp3) is 0.556. The SMILES string of the molecule is CC(=O)NCCC(=O)C(CC(=O)O)NC(=O)O. The maximum absolute atomic E-state index is 11.5. The van der Waals surface area contributed by atoms with Gasteiger partial charge in [0, 0.05) is 19.9 Å². The van der Waals surface area contributed by atoms with Crippen LogP contribution in [0.15, 0.2) is 0 Å². The fourth-order valence-corrected chi connectivity index (χ4v) is 1.10. The summed E-state index contributed by atoms with van der Waals surface area (Å²) in [6.45, 7) is 1.32. The summed E-state index contributed by atoms with van der Waals surface area (Å²) in [5.41, 5.74) is 0. The minimum Gasteiger partial charge on any atom is -0.481 e. The zero-order valence-corrected chi connectivity index (χ0v) is 9.23. The number of aliphatic carboxylic acids is 1. The Hall–Kier alpha value is -2.12. The summed E-state index contributed by atoms with van der Waals surface area (Å²) < 4.78 is 0. The standard InChI is InChI=1S/C9H14N2O6/c1-5(12)10-3-2-7(13)6(4-8(14)15)11-9(16)17/h6,11H,2-4H2,1H3,(H,10,12)(H,14,15)(H,16,17). The first-order chi connectivity index (χ1) is 7.82. The van der Waals surface area contributed by atoms with Gasteiger partial charge in [-0.05, 0) is 0 Å².